The molecule has 16 heavy (non-hydrogen) atoms. The summed E-state index contributed by atoms with van der Waals surface area (Å²) in [4.78, 5) is 5.08. The molecule has 1 aliphatic heterocycles. The predicted molar refractivity (Wildman–Crippen MR) is 66.5 cm³/mol. The summed E-state index contributed by atoms with van der Waals surface area (Å²) in [6.07, 6.45) is 0.597. The van der Waals surface area contributed by atoms with Crippen LogP contribution in [0.3, 0.4) is 0 Å². The highest BCUT2D eigenvalue weighted by atomic mass is 32.1. The average molecular weight is 235 g/mol. The van der Waals surface area contributed by atoms with Gasteiger partial charge in [0.1, 0.15) is 0 Å². The van der Waals surface area contributed by atoms with Crippen LogP contribution in [0.4, 0.5) is 0 Å². The first kappa shape index (κ1) is 11.6. The summed E-state index contributed by atoms with van der Waals surface area (Å²) in [6.45, 7) is 6.28. The van der Waals surface area contributed by atoms with Crippen molar-refractivity contribution in [2.45, 2.75) is 19.4 Å². The summed E-state index contributed by atoms with van der Waals surface area (Å²) in [5, 5.41) is 12.3. The summed E-state index contributed by atoms with van der Waals surface area (Å²) < 4.78 is 0. The molecule has 1 aromatic heterocycles. The topological polar surface area (TPSA) is 39.1 Å². The van der Waals surface area contributed by atoms with Gasteiger partial charge in [-0.25, -0.2) is 0 Å². The molecule has 1 aromatic rings. The number of nitriles is 1. The quantitative estimate of drug-likeness (QED) is 0.870. The molecule has 0 aromatic carbocycles. The normalized spacial score (nSPS) is 19.2. The SMILES string of the molecule is Cc1ccc([C@@H](CC#N)N2CCNCC2)s1. The number of nitrogens with one attached hydrogen (secondary N) is 1. The number of hydrogen-bond acceptors (Lipinski definition) is 4. The molecule has 0 aliphatic carbocycles. The van der Waals surface area contributed by atoms with Crippen molar-refractivity contribution in [1.29, 1.82) is 5.26 Å². The van der Waals surface area contributed by atoms with Crippen LogP contribution in [-0.4, -0.2) is 31.1 Å². The summed E-state index contributed by atoms with van der Waals surface area (Å²) in [5.74, 6) is 0. The maximum Gasteiger partial charge on any atom is 0.0642 e. The molecule has 0 amide bonds. The van der Waals surface area contributed by atoms with E-state index in [2.05, 4.69) is 35.3 Å². The van der Waals surface area contributed by atoms with E-state index in [1.54, 1.807) is 0 Å². The minimum Gasteiger partial charge on any atom is -0.314 e. The lowest BCUT2D eigenvalue weighted by molar-refractivity contribution is 0.178. The third-order valence-corrected chi connectivity index (χ3v) is 4.07. The minimum absolute atomic E-state index is 0.297. The third kappa shape index (κ3) is 2.62. The number of hydrogen-bond donors (Lipinski definition) is 1. The molecule has 1 N–H and O–H groups in total. The number of thiophene rings is 1. The smallest absolute Gasteiger partial charge is 0.0642 e. The van der Waals surface area contributed by atoms with Crippen molar-refractivity contribution >= 4 is 11.3 Å². The summed E-state index contributed by atoms with van der Waals surface area (Å²) in [7, 11) is 0. The molecule has 1 saturated heterocycles. The molecule has 0 bridgehead atoms. The van der Waals surface area contributed by atoms with Crippen molar-refractivity contribution in [2.75, 3.05) is 26.2 Å². The largest absolute Gasteiger partial charge is 0.314 e. The maximum absolute atomic E-state index is 8.95. The van der Waals surface area contributed by atoms with E-state index in [9.17, 15) is 0 Å². The summed E-state index contributed by atoms with van der Waals surface area (Å²) in [6, 6.07) is 6.93. The van der Waals surface area contributed by atoms with E-state index in [-0.39, 0.29) is 0 Å². The van der Waals surface area contributed by atoms with Gasteiger partial charge < -0.3 is 5.32 Å². The van der Waals surface area contributed by atoms with Crippen LogP contribution < -0.4 is 5.32 Å². The Morgan fingerprint density at radius 3 is 2.81 bits per heavy atom. The molecule has 3 nitrogen and oxygen atoms in total. The molecule has 0 saturated carbocycles. The highest BCUT2D eigenvalue weighted by Crippen LogP contribution is 2.30. The predicted octanol–water partition coefficient (Wildman–Crippen LogP) is 1.92. The zero-order chi connectivity index (χ0) is 11.4. The highest BCUT2D eigenvalue weighted by Gasteiger charge is 2.22. The molecular formula is C12H17N3S. The Balaban J connectivity index is 2.13. The molecular weight excluding hydrogens is 218 g/mol. The first-order valence-electron chi connectivity index (χ1n) is 5.69. The van der Waals surface area contributed by atoms with Crippen LogP contribution in [-0.2, 0) is 0 Å². The number of aryl methyl sites for hydroxylation is 1. The van der Waals surface area contributed by atoms with Crippen LogP contribution in [0, 0.1) is 18.3 Å². The van der Waals surface area contributed by atoms with Crippen LogP contribution in [0.1, 0.15) is 22.2 Å². The van der Waals surface area contributed by atoms with Gasteiger partial charge in [0.25, 0.3) is 0 Å². The number of nitrogens with zero attached hydrogens (tertiary/aromatic N) is 2. The van der Waals surface area contributed by atoms with Crippen molar-refractivity contribution in [3.05, 3.63) is 21.9 Å². The molecule has 1 atom stereocenters. The number of rotatable bonds is 3. The van der Waals surface area contributed by atoms with E-state index in [1.165, 1.54) is 9.75 Å². The van der Waals surface area contributed by atoms with Crippen molar-refractivity contribution in [2.24, 2.45) is 0 Å². The second-order valence-electron chi connectivity index (χ2n) is 4.11. The van der Waals surface area contributed by atoms with Gasteiger partial charge in [-0.15, -0.1) is 11.3 Å². The van der Waals surface area contributed by atoms with E-state index in [4.69, 9.17) is 5.26 Å². The van der Waals surface area contributed by atoms with Gasteiger partial charge in [0.2, 0.25) is 0 Å². The molecule has 2 rings (SSSR count). The van der Waals surface area contributed by atoms with Crippen LogP contribution in [0.2, 0.25) is 0 Å². The zero-order valence-electron chi connectivity index (χ0n) is 9.57. The first-order valence-corrected chi connectivity index (χ1v) is 6.51. The molecule has 2 heterocycles. The molecule has 86 valence electrons. The van der Waals surface area contributed by atoms with Gasteiger partial charge in [0.05, 0.1) is 18.5 Å². The van der Waals surface area contributed by atoms with Gasteiger partial charge in [0, 0.05) is 35.9 Å². The van der Waals surface area contributed by atoms with Gasteiger partial charge >= 0.3 is 0 Å². The second kappa shape index (κ2) is 5.44. The third-order valence-electron chi connectivity index (χ3n) is 2.97. The standard InChI is InChI=1S/C12H17N3S/c1-10-2-3-12(16-10)11(4-5-13)15-8-6-14-7-9-15/h2-3,11,14H,4,6-9H2,1H3/t11-/m1/s1. The molecule has 0 radical (unpaired) electrons. The van der Waals surface area contributed by atoms with Gasteiger partial charge in [-0.1, -0.05) is 0 Å². The van der Waals surface area contributed by atoms with Crippen molar-refractivity contribution < 1.29 is 0 Å². The Hall–Kier alpha value is -0.890. The van der Waals surface area contributed by atoms with Crippen molar-refractivity contribution in [1.82, 2.24) is 10.2 Å². The van der Waals surface area contributed by atoms with Gasteiger partial charge in [-0.05, 0) is 19.1 Å². The maximum atomic E-state index is 8.95. The summed E-state index contributed by atoms with van der Waals surface area (Å²) >= 11 is 1.82. The van der Waals surface area contributed by atoms with Crippen LogP contribution in [0.15, 0.2) is 12.1 Å². The van der Waals surface area contributed by atoms with E-state index in [1.807, 2.05) is 11.3 Å². The Bertz CT molecular complexity index is 374. The average Bonchev–Trinajstić information content (AvgIpc) is 2.74. The molecule has 4 heteroatoms. The van der Waals surface area contributed by atoms with E-state index < -0.39 is 0 Å². The molecule has 1 aliphatic rings. The molecule has 0 unspecified atom stereocenters. The fourth-order valence-electron chi connectivity index (χ4n) is 2.12. The minimum atomic E-state index is 0.297. The van der Waals surface area contributed by atoms with Gasteiger partial charge in [-0.2, -0.15) is 5.26 Å². The van der Waals surface area contributed by atoms with Crippen molar-refractivity contribution in [3.63, 3.8) is 0 Å². The highest BCUT2D eigenvalue weighted by molar-refractivity contribution is 7.12. The lowest BCUT2D eigenvalue weighted by atomic mass is 10.1. The fraction of sp³-hybridized carbons (Fsp3) is 0.583. The van der Waals surface area contributed by atoms with Crippen molar-refractivity contribution in [3.8, 4) is 6.07 Å². The van der Waals surface area contributed by atoms with Crippen LogP contribution in [0.25, 0.3) is 0 Å². The Morgan fingerprint density at radius 1 is 1.50 bits per heavy atom. The monoisotopic (exact) mass is 235 g/mol. The Labute approximate surface area is 101 Å². The first-order chi connectivity index (χ1) is 7.81. The van der Waals surface area contributed by atoms with Crippen LogP contribution in [0.5, 0.6) is 0 Å². The second-order valence-corrected chi connectivity index (χ2v) is 5.43. The number of piperazine rings is 1. The van der Waals surface area contributed by atoms with E-state index >= 15 is 0 Å². The van der Waals surface area contributed by atoms with Gasteiger partial charge in [-0.3, -0.25) is 4.90 Å². The fourth-order valence-corrected chi connectivity index (χ4v) is 3.13. The zero-order valence-corrected chi connectivity index (χ0v) is 10.4. The van der Waals surface area contributed by atoms with Gasteiger partial charge in [0.15, 0.2) is 0 Å². The summed E-state index contributed by atoms with van der Waals surface area (Å²) in [5.41, 5.74) is 0. The Morgan fingerprint density at radius 2 is 2.25 bits per heavy atom. The lowest BCUT2D eigenvalue weighted by Crippen LogP contribution is -2.44. The molecule has 0 spiro atoms. The Kier molecular flexibility index (Phi) is 3.94. The van der Waals surface area contributed by atoms with E-state index in [0.717, 1.165) is 26.2 Å². The van der Waals surface area contributed by atoms with Crippen LogP contribution >= 0.6 is 11.3 Å². The lowest BCUT2D eigenvalue weighted by Gasteiger charge is -2.33. The van der Waals surface area contributed by atoms with E-state index in [0.29, 0.717) is 12.5 Å². The molecule has 1 fully saturated rings.